The fraction of sp³-hybridized carbons (Fsp3) is 1.00. The molecule has 1 saturated heterocycles. The zero-order valence-corrected chi connectivity index (χ0v) is 10.0. The van der Waals surface area contributed by atoms with E-state index in [4.69, 9.17) is 0 Å². The first-order valence-electron chi connectivity index (χ1n) is 6.61. The summed E-state index contributed by atoms with van der Waals surface area (Å²) < 4.78 is 0. The lowest BCUT2D eigenvalue weighted by atomic mass is 9.80. The molecule has 1 heterocycles. The Labute approximate surface area is 89.7 Å². The van der Waals surface area contributed by atoms with Gasteiger partial charge in [0.15, 0.2) is 0 Å². The molecule has 2 unspecified atom stereocenters. The number of rotatable bonds is 1. The first kappa shape index (κ1) is 12.0. The molecule has 0 aromatic carbocycles. The highest BCUT2D eigenvalue weighted by molar-refractivity contribution is 4.84. The molecule has 2 atom stereocenters. The predicted octanol–water partition coefficient (Wildman–Crippen LogP) is 3.74. The highest BCUT2D eigenvalue weighted by Gasteiger charge is 2.26. The molecule has 1 aliphatic carbocycles. The Hall–Kier alpha value is -0.0400. The van der Waals surface area contributed by atoms with Crippen LogP contribution in [0.3, 0.4) is 0 Å². The van der Waals surface area contributed by atoms with E-state index in [-0.39, 0.29) is 0 Å². The van der Waals surface area contributed by atoms with Crippen LogP contribution in [0.25, 0.3) is 0 Å². The van der Waals surface area contributed by atoms with E-state index in [1.165, 1.54) is 57.9 Å². The molecular formula is C13H27N. The van der Waals surface area contributed by atoms with Crippen LogP contribution in [0, 0.1) is 5.92 Å². The van der Waals surface area contributed by atoms with E-state index in [1.807, 2.05) is 0 Å². The maximum atomic E-state index is 3.62. The van der Waals surface area contributed by atoms with Crippen LogP contribution in [0.1, 0.15) is 65.2 Å². The van der Waals surface area contributed by atoms with Gasteiger partial charge in [-0.05, 0) is 38.1 Å². The first-order chi connectivity index (χ1) is 6.88. The summed E-state index contributed by atoms with van der Waals surface area (Å²) in [5.74, 6) is 1.04. The number of nitrogens with one attached hydrogen (secondary N) is 1. The maximum Gasteiger partial charge on any atom is 0.00953 e. The summed E-state index contributed by atoms with van der Waals surface area (Å²) in [7, 11) is 0. The van der Waals surface area contributed by atoms with Gasteiger partial charge in [0.2, 0.25) is 0 Å². The van der Waals surface area contributed by atoms with Crippen molar-refractivity contribution in [1.29, 1.82) is 0 Å². The van der Waals surface area contributed by atoms with Crippen molar-refractivity contribution in [3.05, 3.63) is 0 Å². The molecule has 0 spiro atoms. The molecule has 0 bridgehead atoms. The van der Waals surface area contributed by atoms with Crippen molar-refractivity contribution < 1.29 is 0 Å². The quantitative estimate of drug-likeness (QED) is 0.675. The smallest absolute Gasteiger partial charge is 0.00953 e. The summed E-state index contributed by atoms with van der Waals surface area (Å²) in [5.41, 5.74) is 0. The number of hydrogen-bond donors (Lipinski definition) is 1. The second-order valence-corrected chi connectivity index (χ2v) is 4.75. The first-order valence-corrected chi connectivity index (χ1v) is 6.61. The van der Waals surface area contributed by atoms with Gasteiger partial charge in [0, 0.05) is 6.04 Å². The topological polar surface area (TPSA) is 12.0 Å². The largest absolute Gasteiger partial charge is 0.314 e. The van der Waals surface area contributed by atoms with Crippen LogP contribution in [-0.2, 0) is 0 Å². The van der Waals surface area contributed by atoms with Crippen molar-refractivity contribution in [2.75, 3.05) is 6.54 Å². The minimum atomic E-state index is 0.905. The highest BCUT2D eigenvalue weighted by atomic mass is 14.9. The van der Waals surface area contributed by atoms with Gasteiger partial charge in [-0.1, -0.05) is 39.5 Å². The molecule has 1 heteroatoms. The third kappa shape index (κ3) is 4.00. The highest BCUT2D eigenvalue weighted by Crippen LogP contribution is 2.29. The second-order valence-electron chi connectivity index (χ2n) is 4.75. The average Bonchev–Trinajstić information content (AvgIpc) is 2.30. The summed E-state index contributed by atoms with van der Waals surface area (Å²) in [6.07, 6.45) is 11.5. The molecule has 2 fully saturated rings. The molecule has 2 aliphatic rings. The lowest BCUT2D eigenvalue weighted by molar-refractivity contribution is 0.212. The van der Waals surface area contributed by atoms with Crippen LogP contribution < -0.4 is 5.32 Å². The molecule has 0 radical (unpaired) electrons. The van der Waals surface area contributed by atoms with Crippen LogP contribution in [0.4, 0.5) is 0 Å². The van der Waals surface area contributed by atoms with E-state index in [0.717, 1.165) is 12.0 Å². The van der Waals surface area contributed by atoms with Gasteiger partial charge in [0.25, 0.3) is 0 Å². The maximum absolute atomic E-state index is 3.62. The fourth-order valence-electron chi connectivity index (χ4n) is 2.47. The van der Waals surface area contributed by atoms with Crippen molar-refractivity contribution in [3.8, 4) is 0 Å². The zero-order chi connectivity index (χ0) is 10.2. The van der Waals surface area contributed by atoms with Crippen LogP contribution >= 0.6 is 0 Å². The Morgan fingerprint density at radius 3 is 2.21 bits per heavy atom. The third-order valence-corrected chi connectivity index (χ3v) is 3.57. The van der Waals surface area contributed by atoms with Gasteiger partial charge in [0.1, 0.15) is 0 Å². The molecule has 0 aromatic heterocycles. The fourth-order valence-corrected chi connectivity index (χ4v) is 2.47. The number of piperidine rings is 1. The summed E-state index contributed by atoms with van der Waals surface area (Å²) in [6.45, 7) is 5.64. The minimum absolute atomic E-state index is 0.905. The monoisotopic (exact) mass is 197 g/mol. The SMILES string of the molecule is C1CCC2NCCCC2C1.CCCC. The average molecular weight is 197 g/mol. The third-order valence-electron chi connectivity index (χ3n) is 3.57. The molecule has 0 amide bonds. The van der Waals surface area contributed by atoms with Crippen molar-refractivity contribution in [1.82, 2.24) is 5.32 Å². The standard InChI is InChI=1S/C9H17N.C4H10/c1-2-6-9-8(4-1)5-3-7-10-9;1-3-4-2/h8-10H,1-7H2;3-4H2,1-2H3. The van der Waals surface area contributed by atoms with Crippen LogP contribution in [0.15, 0.2) is 0 Å². The van der Waals surface area contributed by atoms with Crippen LogP contribution in [-0.4, -0.2) is 12.6 Å². The van der Waals surface area contributed by atoms with E-state index in [0.29, 0.717) is 0 Å². The van der Waals surface area contributed by atoms with Crippen LogP contribution in [0.2, 0.25) is 0 Å². The van der Waals surface area contributed by atoms with Gasteiger partial charge in [0.05, 0.1) is 0 Å². The van der Waals surface area contributed by atoms with Crippen LogP contribution in [0.5, 0.6) is 0 Å². The van der Waals surface area contributed by atoms with Crippen molar-refractivity contribution in [3.63, 3.8) is 0 Å². The van der Waals surface area contributed by atoms with E-state index >= 15 is 0 Å². The Balaban J connectivity index is 0.000000213. The Bertz CT molecular complexity index is 105. The summed E-state index contributed by atoms with van der Waals surface area (Å²) in [4.78, 5) is 0. The molecular weight excluding hydrogens is 170 g/mol. The van der Waals surface area contributed by atoms with Crippen molar-refractivity contribution >= 4 is 0 Å². The van der Waals surface area contributed by atoms with Crippen molar-refractivity contribution in [2.24, 2.45) is 5.92 Å². The molecule has 2 rings (SSSR count). The van der Waals surface area contributed by atoms with Gasteiger partial charge >= 0.3 is 0 Å². The van der Waals surface area contributed by atoms with Crippen molar-refractivity contribution in [2.45, 2.75) is 71.3 Å². The lowest BCUT2D eigenvalue weighted by Crippen LogP contribution is -2.42. The van der Waals surface area contributed by atoms with E-state index in [1.54, 1.807) is 0 Å². The molecule has 1 N–H and O–H groups in total. The van der Waals surface area contributed by atoms with Gasteiger partial charge in [-0.3, -0.25) is 0 Å². The lowest BCUT2D eigenvalue weighted by Gasteiger charge is -2.36. The Morgan fingerprint density at radius 1 is 0.929 bits per heavy atom. The summed E-state index contributed by atoms with van der Waals surface area (Å²) in [5, 5.41) is 3.62. The Morgan fingerprint density at radius 2 is 1.57 bits per heavy atom. The van der Waals surface area contributed by atoms with Gasteiger partial charge in [-0.15, -0.1) is 0 Å². The predicted molar refractivity (Wildman–Crippen MR) is 63.6 cm³/mol. The Kier molecular flexibility index (Phi) is 6.25. The molecule has 14 heavy (non-hydrogen) atoms. The summed E-state index contributed by atoms with van der Waals surface area (Å²) in [6, 6.07) is 0.905. The molecule has 1 aliphatic heterocycles. The van der Waals surface area contributed by atoms with Gasteiger partial charge in [-0.2, -0.15) is 0 Å². The zero-order valence-electron chi connectivity index (χ0n) is 10.0. The number of hydrogen-bond acceptors (Lipinski definition) is 1. The normalized spacial score (nSPS) is 31.3. The summed E-state index contributed by atoms with van der Waals surface area (Å²) >= 11 is 0. The number of fused-ring (bicyclic) bond motifs is 1. The molecule has 1 saturated carbocycles. The number of unbranched alkanes of at least 4 members (excludes halogenated alkanes) is 1. The molecule has 84 valence electrons. The minimum Gasteiger partial charge on any atom is -0.314 e. The second kappa shape index (κ2) is 7.28. The van der Waals surface area contributed by atoms with E-state index in [9.17, 15) is 0 Å². The molecule has 1 nitrogen and oxygen atoms in total. The van der Waals surface area contributed by atoms with E-state index in [2.05, 4.69) is 19.2 Å². The van der Waals surface area contributed by atoms with Gasteiger partial charge < -0.3 is 5.32 Å². The van der Waals surface area contributed by atoms with Gasteiger partial charge in [-0.25, -0.2) is 0 Å². The molecule has 0 aromatic rings. The van der Waals surface area contributed by atoms with E-state index < -0.39 is 0 Å².